The van der Waals surface area contributed by atoms with Crippen LogP contribution >= 0.6 is 0 Å². The summed E-state index contributed by atoms with van der Waals surface area (Å²) < 4.78 is 25.8. The van der Waals surface area contributed by atoms with Gasteiger partial charge in [0.1, 0.15) is 0 Å². The fourth-order valence-electron chi connectivity index (χ4n) is 0.854. The summed E-state index contributed by atoms with van der Waals surface area (Å²) in [7, 11) is 0. The molecule has 0 atom stereocenters. The van der Waals surface area contributed by atoms with Gasteiger partial charge < -0.3 is 5.11 Å². The van der Waals surface area contributed by atoms with Crippen molar-refractivity contribution in [2.24, 2.45) is 0 Å². The van der Waals surface area contributed by atoms with E-state index in [1.165, 1.54) is 12.1 Å². The van der Waals surface area contributed by atoms with Crippen LogP contribution in [0.1, 0.15) is 5.56 Å². The molecule has 0 aliphatic carbocycles. The minimum atomic E-state index is -3.53. The SMILES string of the molecule is O=C(O)NC(F)(F)c1ccccc1. The van der Waals surface area contributed by atoms with Crippen LogP contribution in [0.2, 0.25) is 0 Å². The van der Waals surface area contributed by atoms with Crippen LogP contribution in [0.4, 0.5) is 13.6 Å². The summed E-state index contributed by atoms with van der Waals surface area (Å²) in [5.74, 6) is 0. The molecule has 0 fully saturated rings. The summed E-state index contributed by atoms with van der Waals surface area (Å²) in [6.45, 7) is 0. The van der Waals surface area contributed by atoms with Gasteiger partial charge in [-0.2, -0.15) is 8.78 Å². The van der Waals surface area contributed by atoms with E-state index in [0.717, 1.165) is 17.4 Å². The number of nitrogens with one attached hydrogen (secondary N) is 1. The molecule has 0 aromatic heterocycles. The summed E-state index contributed by atoms with van der Waals surface area (Å²) >= 11 is 0. The topological polar surface area (TPSA) is 49.3 Å². The first kappa shape index (κ1) is 9.44. The van der Waals surface area contributed by atoms with Crippen LogP contribution in [0.3, 0.4) is 0 Å². The molecule has 0 bridgehead atoms. The molecule has 0 aliphatic rings. The molecule has 0 saturated heterocycles. The van der Waals surface area contributed by atoms with Gasteiger partial charge in [-0.1, -0.05) is 30.3 Å². The Hall–Kier alpha value is -1.65. The summed E-state index contributed by atoms with van der Waals surface area (Å²) in [4.78, 5) is 10.00. The molecular weight excluding hydrogens is 180 g/mol. The van der Waals surface area contributed by atoms with Crippen LogP contribution < -0.4 is 5.32 Å². The largest absolute Gasteiger partial charge is 0.465 e. The minimum absolute atomic E-state index is 0.377. The molecule has 1 amide bonds. The van der Waals surface area contributed by atoms with Gasteiger partial charge in [0, 0.05) is 5.56 Å². The van der Waals surface area contributed by atoms with E-state index in [9.17, 15) is 13.6 Å². The lowest BCUT2D eigenvalue weighted by atomic mass is 10.2. The number of amides is 1. The molecule has 0 aliphatic heterocycles. The molecule has 1 rings (SSSR count). The van der Waals surface area contributed by atoms with Gasteiger partial charge >= 0.3 is 12.1 Å². The van der Waals surface area contributed by atoms with Crippen LogP contribution in [0.5, 0.6) is 0 Å². The van der Waals surface area contributed by atoms with E-state index in [0.29, 0.717) is 0 Å². The summed E-state index contributed by atoms with van der Waals surface area (Å²) in [6.07, 6.45) is -1.76. The number of hydrogen-bond donors (Lipinski definition) is 2. The predicted molar refractivity (Wildman–Crippen MR) is 41.5 cm³/mol. The van der Waals surface area contributed by atoms with Crippen LogP contribution in [0.25, 0.3) is 0 Å². The Morgan fingerprint density at radius 2 is 1.85 bits per heavy atom. The standard InChI is InChI=1S/C8H7F2NO2/c9-8(10,11-7(12)13)6-4-2-1-3-5-6/h1-5,11H,(H,12,13). The van der Waals surface area contributed by atoms with Crippen molar-refractivity contribution in [3.63, 3.8) is 0 Å². The maximum absolute atomic E-state index is 12.9. The van der Waals surface area contributed by atoms with Crippen molar-refractivity contribution < 1.29 is 18.7 Å². The zero-order chi connectivity index (χ0) is 9.90. The highest BCUT2D eigenvalue weighted by Crippen LogP contribution is 2.23. The molecule has 5 heteroatoms. The molecule has 1 aromatic rings. The highest BCUT2D eigenvalue weighted by Gasteiger charge is 2.32. The monoisotopic (exact) mass is 187 g/mol. The quantitative estimate of drug-likeness (QED) is 0.695. The molecular formula is C8H7F2NO2. The van der Waals surface area contributed by atoms with Gasteiger partial charge in [-0.25, -0.2) is 4.79 Å². The zero-order valence-electron chi connectivity index (χ0n) is 6.50. The van der Waals surface area contributed by atoms with E-state index >= 15 is 0 Å². The average molecular weight is 187 g/mol. The normalized spacial score (nSPS) is 10.9. The number of carboxylic acid groups (broad SMARTS) is 1. The van der Waals surface area contributed by atoms with Crippen molar-refractivity contribution in [2.45, 2.75) is 6.05 Å². The lowest BCUT2D eigenvalue weighted by Crippen LogP contribution is -2.37. The van der Waals surface area contributed by atoms with Crippen LogP contribution in [0, 0.1) is 0 Å². The lowest BCUT2D eigenvalue weighted by Gasteiger charge is -2.15. The Morgan fingerprint density at radius 3 is 2.31 bits per heavy atom. The third-order valence-electron chi connectivity index (χ3n) is 1.40. The van der Waals surface area contributed by atoms with Gasteiger partial charge in [-0.15, -0.1) is 0 Å². The first-order valence-electron chi connectivity index (χ1n) is 3.47. The van der Waals surface area contributed by atoms with E-state index < -0.39 is 12.1 Å². The number of rotatable bonds is 2. The maximum Gasteiger partial charge on any atom is 0.409 e. The lowest BCUT2D eigenvalue weighted by molar-refractivity contribution is -0.0341. The minimum Gasteiger partial charge on any atom is -0.465 e. The van der Waals surface area contributed by atoms with Gasteiger partial charge in [0.2, 0.25) is 0 Å². The van der Waals surface area contributed by atoms with Gasteiger partial charge in [0.05, 0.1) is 0 Å². The van der Waals surface area contributed by atoms with Crippen LogP contribution in [0.15, 0.2) is 30.3 Å². The maximum atomic E-state index is 12.9. The van der Waals surface area contributed by atoms with E-state index in [-0.39, 0.29) is 5.56 Å². The number of hydrogen-bond acceptors (Lipinski definition) is 1. The molecule has 0 saturated carbocycles. The number of carbonyl (C=O) groups is 1. The van der Waals surface area contributed by atoms with Crippen LogP contribution in [-0.2, 0) is 6.05 Å². The van der Waals surface area contributed by atoms with Gasteiger partial charge in [0.15, 0.2) is 0 Å². The summed E-state index contributed by atoms with van der Waals surface area (Å²) in [5.41, 5.74) is -0.377. The third kappa shape index (κ3) is 2.40. The Kier molecular flexibility index (Phi) is 2.46. The molecule has 0 radical (unpaired) electrons. The van der Waals surface area contributed by atoms with Crippen molar-refractivity contribution in [3.8, 4) is 0 Å². The summed E-state index contributed by atoms with van der Waals surface area (Å²) in [5, 5.41) is 9.24. The molecule has 70 valence electrons. The van der Waals surface area contributed by atoms with E-state index in [1.807, 2.05) is 0 Å². The first-order chi connectivity index (χ1) is 6.02. The third-order valence-corrected chi connectivity index (χ3v) is 1.40. The second-order valence-electron chi connectivity index (χ2n) is 2.37. The molecule has 0 spiro atoms. The van der Waals surface area contributed by atoms with Crippen molar-refractivity contribution in [2.75, 3.05) is 0 Å². The molecule has 2 N–H and O–H groups in total. The van der Waals surface area contributed by atoms with Crippen molar-refractivity contribution in [1.29, 1.82) is 0 Å². The molecule has 13 heavy (non-hydrogen) atoms. The number of halogens is 2. The van der Waals surface area contributed by atoms with Crippen LogP contribution in [-0.4, -0.2) is 11.2 Å². The smallest absolute Gasteiger partial charge is 0.409 e. The fourth-order valence-corrected chi connectivity index (χ4v) is 0.854. The van der Waals surface area contributed by atoms with Gasteiger partial charge in [-0.3, -0.25) is 5.32 Å². The number of benzene rings is 1. The Morgan fingerprint density at radius 1 is 1.31 bits per heavy atom. The first-order valence-corrected chi connectivity index (χ1v) is 3.47. The average Bonchev–Trinajstić information content (AvgIpc) is 2.04. The van der Waals surface area contributed by atoms with E-state index in [4.69, 9.17) is 5.11 Å². The molecule has 3 nitrogen and oxygen atoms in total. The fraction of sp³-hybridized carbons (Fsp3) is 0.125. The van der Waals surface area contributed by atoms with Crippen molar-refractivity contribution in [3.05, 3.63) is 35.9 Å². The Labute approximate surface area is 73.0 Å². The highest BCUT2D eigenvalue weighted by atomic mass is 19.3. The summed E-state index contributed by atoms with van der Waals surface area (Å²) in [6, 6.07) is 3.15. The van der Waals surface area contributed by atoms with Gasteiger partial charge in [0.25, 0.3) is 0 Å². The molecule has 0 unspecified atom stereocenters. The van der Waals surface area contributed by atoms with E-state index in [2.05, 4.69) is 0 Å². The number of alkyl halides is 2. The van der Waals surface area contributed by atoms with Crippen molar-refractivity contribution in [1.82, 2.24) is 5.32 Å². The Bertz CT molecular complexity index is 300. The highest BCUT2D eigenvalue weighted by molar-refractivity contribution is 5.65. The van der Waals surface area contributed by atoms with Crippen molar-refractivity contribution >= 4 is 6.09 Å². The van der Waals surface area contributed by atoms with E-state index in [1.54, 1.807) is 6.07 Å². The second-order valence-corrected chi connectivity index (χ2v) is 2.37. The van der Waals surface area contributed by atoms with Gasteiger partial charge in [-0.05, 0) is 0 Å². The molecule has 0 heterocycles. The second kappa shape index (κ2) is 3.38. The predicted octanol–water partition coefficient (Wildman–Crippen LogP) is 2.00. The molecule has 1 aromatic carbocycles. The zero-order valence-corrected chi connectivity index (χ0v) is 6.50. The Balaban J connectivity index is 2.87.